The molecule has 2 aromatic carbocycles. The Hall–Kier alpha value is -2.49. The first kappa shape index (κ1) is 31.5. The maximum absolute atomic E-state index is 13.8. The molecule has 0 radical (unpaired) electrons. The summed E-state index contributed by atoms with van der Waals surface area (Å²) in [6.45, 7) is 9.63. The smallest absolute Gasteiger partial charge is 0.257 e. The van der Waals surface area contributed by atoms with Crippen molar-refractivity contribution in [3.05, 3.63) is 64.0 Å². The van der Waals surface area contributed by atoms with Crippen LogP contribution in [0.3, 0.4) is 0 Å². The van der Waals surface area contributed by atoms with E-state index >= 15 is 0 Å². The second kappa shape index (κ2) is 13.9. The van der Waals surface area contributed by atoms with E-state index in [4.69, 9.17) is 21.1 Å². The lowest BCUT2D eigenvalue weighted by molar-refractivity contribution is -0.133. The average Bonchev–Trinajstić information content (AvgIpc) is 3.63. The molecular formula is C35H44ClN3O4S. The van der Waals surface area contributed by atoms with Crippen molar-refractivity contribution in [2.45, 2.75) is 89.7 Å². The summed E-state index contributed by atoms with van der Waals surface area (Å²) in [7, 11) is 0. The van der Waals surface area contributed by atoms with Gasteiger partial charge < -0.3 is 19.7 Å². The summed E-state index contributed by atoms with van der Waals surface area (Å²) in [4.78, 5) is 31.5. The van der Waals surface area contributed by atoms with Crippen LogP contribution in [0.5, 0.6) is 0 Å². The van der Waals surface area contributed by atoms with Crippen LogP contribution in [0.2, 0.25) is 5.02 Å². The van der Waals surface area contributed by atoms with Crippen LogP contribution in [-0.4, -0.2) is 78.3 Å². The number of fused-ring (bicyclic) bond motifs is 1. The van der Waals surface area contributed by atoms with Gasteiger partial charge in [0, 0.05) is 41.1 Å². The van der Waals surface area contributed by atoms with E-state index < -0.39 is 0 Å². The van der Waals surface area contributed by atoms with Crippen LogP contribution in [0.15, 0.2) is 47.8 Å². The summed E-state index contributed by atoms with van der Waals surface area (Å²) in [5.41, 5.74) is 1.99. The lowest BCUT2D eigenvalue weighted by atomic mass is 9.89. The van der Waals surface area contributed by atoms with Crippen molar-refractivity contribution in [2.75, 3.05) is 31.6 Å². The zero-order chi connectivity index (χ0) is 30.8. The first-order valence-corrected chi connectivity index (χ1v) is 17.4. The highest BCUT2D eigenvalue weighted by atomic mass is 35.5. The van der Waals surface area contributed by atoms with E-state index in [0.717, 1.165) is 53.9 Å². The van der Waals surface area contributed by atoms with Crippen LogP contribution in [-0.2, 0) is 20.7 Å². The number of thiophene rings is 1. The number of carbonyl (C=O) groups is 2. The van der Waals surface area contributed by atoms with Crippen LogP contribution in [0.25, 0.3) is 10.1 Å². The predicted molar refractivity (Wildman–Crippen MR) is 178 cm³/mol. The number of morpholine rings is 1. The Bertz CT molecular complexity index is 1460. The van der Waals surface area contributed by atoms with Gasteiger partial charge in [0.1, 0.15) is 0 Å². The third-order valence-electron chi connectivity index (χ3n) is 9.53. The Kier molecular flexibility index (Phi) is 9.93. The average molecular weight is 638 g/mol. The molecule has 3 aliphatic rings. The highest BCUT2D eigenvalue weighted by molar-refractivity contribution is 7.17. The topological polar surface area (TPSA) is 71.1 Å². The highest BCUT2D eigenvalue weighted by Gasteiger charge is 2.40. The minimum atomic E-state index is -0.196. The van der Waals surface area contributed by atoms with E-state index in [1.54, 1.807) is 23.5 Å². The lowest BCUT2D eigenvalue weighted by Gasteiger charge is -2.38. The Morgan fingerprint density at radius 2 is 1.77 bits per heavy atom. The van der Waals surface area contributed by atoms with Gasteiger partial charge in [0.15, 0.2) is 0 Å². The van der Waals surface area contributed by atoms with Gasteiger partial charge in [0.05, 0.1) is 53.7 Å². The van der Waals surface area contributed by atoms with Crippen molar-refractivity contribution >= 4 is 50.5 Å². The van der Waals surface area contributed by atoms with Gasteiger partial charge in [-0.3, -0.25) is 14.5 Å². The Balaban J connectivity index is 1.12. The summed E-state index contributed by atoms with van der Waals surface area (Å²) >= 11 is 8.19. The number of nitrogens with one attached hydrogen (secondary N) is 1. The van der Waals surface area contributed by atoms with Gasteiger partial charge in [-0.25, -0.2) is 0 Å². The fourth-order valence-electron chi connectivity index (χ4n) is 7.17. The number of nitrogens with zero attached hydrogens (tertiary/aromatic N) is 2. The van der Waals surface area contributed by atoms with Crippen molar-refractivity contribution in [1.82, 2.24) is 9.80 Å². The standard InChI is InChI=1S/C35H44ClN3O4S/c1-22-8-11-28(12-9-22)42-20-27-16-26(38-17-23(2)43-24(3)18-38)19-39(27)34(40)15-25-10-13-32(31(36)14-25)37-35(41)30-21-44-33-7-5-4-6-29(30)33/h4-7,10,13-14,21-24,26-28H,8-9,11-12,15-20H2,1-3H3,(H,37,41)/t22-,23-,24+,26-,27-,28-/m0/s1. The number of ether oxygens (including phenoxy) is 2. The molecule has 3 heterocycles. The van der Waals surface area contributed by atoms with Crippen LogP contribution < -0.4 is 5.32 Å². The van der Waals surface area contributed by atoms with E-state index in [1.807, 2.05) is 40.6 Å². The van der Waals surface area contributed by atoms with Crippen LogP contribution in [0.4, 0.5) is 5.69 Å². The predicted octanol–water partition coefficient (Wildman–Crippen LogP) is 7.02. The molecule has 236 valence electrons. The molecule has 2 saturated heterocycles. The molecule has 3 aromatic rings. The summed E-state index contributed by atoms with van der Waals surface area (Å²) < 4.78 is 13.5. The van der Waals surface area contributed by atoms with Crippen molar-refractivity contribution < 1.29 is 19.1 Å². The van der Waals surface area contributed by atoms with Gasteiger partial charge >= 0.3 is 0 Å². The van der Waals surface area contributed by atoms with Crippen molar-refractivity contribution in [1.29, 1.82) is 0 Å². The van der Waals surface area contributed by atoms with Gasteiger partial charge in [0.2, 0.25) is 5.91 Å². The summed E-state index contributed by atoms with van der Waals surface area (Å²) in [5, 5.41) is 6.18. The number of rotatable bonds is 8. The third-order valence-corrected chi connectivity index (χ3v) is 10.8. The maximum atomic E-state index is 13.8. The van der Waals surface area contributed by atoms with E-state index in [0.29, 0.717) is 41.6 Å². The number of amides is 2. The molecule has 3 fully saturated rings. The minimum absolute atomic E-state index is 0.0507. The minimum Gasteiger partial charge on any atom is -0.376 e. The van der Waals surface area contributed by atoms with Gasteiger partial charge in [-0.05, 0) is 75.6 Å². The van der Waals surface area contributed by atoms with Crippen LogP contribution in [0.1, 0.15) is 68.8 Å². The molecule has 2 amide bonds. The molecule has 7 nitrogen and oxygen atoms in total. The molecule has 0 bridgehead atoms. The van der Waals surface area contributed by atoms with Crippen LogP contribution >= 0.6 is 22.9 Å². The summed E-state index contributed by atoms with van der Waals surface area (Å²) in [6, 6.07) is 13.7. The van der Waals surface area contributed by atoms with Crippen molar-refractivity contribution in [3.8, 4) is 0 Å². The molecule has 4 atom stereocenters. The zero-order valence-corrected chi connectivity index (χ0v) is 27.5. The molecule has 2 aliphatic heterocycles. The van der Waals surface area contributed by atoms with E-state index in [1.165, 1.54) is 12.8 Å². The zero-order valence-electron chi connectivity index (χ0n) is 26.0. The molecule has 6 rings (SSSR count). The number of carbonyl (C=O) groups excluding carboxylic acids is 2. The van der Waals surface area contributed by atoms with Crippen LogP contribution in [0, 0.1) is 5.92 Å². The Morgan fingerprint density at radius 1 is 1.02 bits per heavy atom. The maximum Gasteiger partial charge on any atom is 0.257 e. The molecule has 1 N–H and O–H groups in total. The lowest BCUT2D eigenvalue weighted by Crippen LogP contribution is -2.51. The van der Waals surface area contributed by atoms with Gasteiger partial charge in [0.25, 0.3) is 5.91 Å². The monoisotopic (exact) mass is 637 g/mol. The molecule has 1 aliphatic carbocycles. The normalized spacial score (nSPS) is 28.0. The molecule has 9 heteroatoms. The molecule has 0 spiro atoms. The second-order valence-electron chi connectivity index (χ2n) is 13.1. The molecular weight excluding hydrogens is 594 g/mol. The number of halogens is 1. The van der Waals surface area contributed by atoms with Crippen molar-refractivity contribution in [2.24, 2.45) is 5.92 Å². The number of anilines is 1. The van der Waals surface area contributed by atoms with Gasteiger partial charge in [-0.2, -0.15) is 0 Å². The van der Waals surface area contributed by atoms with E-state index in [9.17, 15) is 9.59 Å². The van der Waals surface area contributed by atoms with Crippen molar-refractivity contribution in [3.63, 3.8) is 0 Å². The van der Waals surface area contributed by atoms with E-state index in [-0.39, 0.29) is 36.5 Å². The first-order valence-electron chi connectivity index (χ1n) is 16.1. The highest BCUT2D eigenvalue weighted by Crippen LogP contribution is 2.31. The number of likely N-dealkylation sites (tertiary alicyclic amines) is 1. The third kappa shape index (κ3) is 7.31. The number of hydrogen-bond acceptors (Lipinski definition) is 6. The second-order valence-corrected chi connectivity index (χ2v) is 14.4. The largest absolute Gasteiger partial charge is 0.376 e. The molecule has 1 saturated carbocycles. The molecule has 1 aromatic heterocycles. The fraction of sp³-hybridized carbons (Fsp3) is 0.543. The SMILES string of the molecule is C[C@@H]1CN([C@H]2C[C@@H](CO[C@H]3CC[C@H](C)CC3)N(C(=O)Cc3ccc(NC(=O)c4csc5ccccc45)c(Cl)c3)C2)C[C@H](C)O1. The number of hydrogen-bond donors (Lipinski definition) is 1. The number of benzene rings is 2. The van der Waals surface area contributed by atoms with E-state index in [2.05, 4.69) is 31.0 Å². The summed E-state index contributed by atoms with van der Waals surface area (Å²) in [5.74, 6) is 0.666. The molecule has 0 unspecified atom stereocenters. The summed E-state index contributed by atoms with van der Waals surface area (Å²) in [6.07, 6.45) is 6.46. The molecule has 44 heavy (non-hydrogen) atoms. The first-order chi connectivity index (χ1) is 21.2. The fourth-order valence-corrected chi connectivity index (χ4v) is 8.36. The quantitative estimate of drug-likeness (QED) is 0.287. The van der Waals surface area contributed by atoms with Gasteiger partial charge in [-0.15, -0.1) is 11.3 Å². The Morgan fingerprint density at radius 3 is 2.52 bits per heavy atom. The van der Waals surface area contributed by atoms with Gasteiger partial charge in [-0.1, -0.05) is 42.8 Å². The Labute approximate surface area is 269 Å².